The first-order chi connectivity index (χ1) is 15.9. The first-order valence-corrected chi connectivity index (χ1v) is 11.5. The summed E-state index contributed by atoms with van der Waals surface area (Å²) in [6, 6.07) is 43.6. The fourth-order valence-corrected chi connectivity index (χ4v) is 4.85. The van der Waals surface area contributed by atoms with Crippen LogP contribution in [0.15, 0.2) is 133 Å². The van der Waals surface area contributed by atoms with Crippen molar-refractivity contribution in [2.24, 2.45) is 0 Å². The molecule has 0 spiro atoms. The second-order valence-corrected chi connectivity index (χ2v) is 8.46. The molecule has 4 aromatic carbocycles. The third-order valence-electron chi connectivity index (χ3n) is 6.44. The van der Waals surface area contributed by atoms with E-state index < -0.39 is 0 Å². The van der Waals surface area contributed by atoms with Crippen molar-refractivity contribution < 1.29 is 0 Å². The minimum absolute atomic E-state index is 0.605. The zero-order chi connectivity index (χ0) is 21.6. The Bertz CT molecular complexity index is 1160. The van der Waals surface area contributed by atoms with Gasteiger partial charge in [-0.25, -0.2) is 0 Å². The summed E-state index contributed by atoms with van der Waals surface area (Å²) in [6.07, 6.45) is 5.86. The predicted molar refractivity (Wildman–Crippen MR) is 136 cm³/mol. The summed E-state index contributed by atoms with van der Waals surface area (Å²) >= 11 is 0. The molecule has 32 heavy (non-hydrogen) atoms. The van der Waals surface area contributed by atoms with Crippen LogP contribution in [0.3, 0.4) is 0 Å². The second-order valence-electron chi connectivity index (χ2n) is 8.46. The second kappa shape index (κ2) is 9.66. The minimum Gasteiger partial charge on any atom is -0.0801 e. The topological polar surface area (TPSA) is 0 Å². The molecular formula is C32H28. The van der Waals surface area contributed by atoms with E-state index in [4.69, 9.17) is 0 Å². The van der Waals surface area contributed by atoms with E-state index in [1.165, 1.54) is 45.4 Å². The van der Waals surface area contributed by atoms with Crippen molar-refractivity contribution in [1.82, 2.24) is 0 Å². The van der Waals surface area contributed by atoms with Crippen LogP contribution in [0.25, 0.3) is 11.1 Å². The molecule has 0 radical (unpaired) electrons. The number of rotatable bonds is 5. The smallest absolute Gasteiger partial charge is 0.00302 e. The lowest BCUT2D eigenvalue weighted by Gasteiger charge is -2.26. The van der Waals surface area contributed by atoms with E-state index in [-0.39, 0.29) is 0 Å². The van der Waals surface area contributed by atoms with Crippen molar-refractivity contribution >= 4 is 11.1 Å². The molecular weight excluding hydrogens is 384 g/mol. The van der Waals surface area contributed by atoms with Crippen LogP contribution in [0.2, 0.25) is 0 Å². The van der Waals surface area contributed by atoms with E-state index in [0.29, 0.717) is 5.92 Å². The van der Waals surface area contributed by atoms with Gasteiger partial charge in [0.25, 0.3) is 0 Å². The third kappa shape index (κ3) is 4.36. The maximum atomic E-state index is 2.50. The SMILES string of the molecule is C1=C(C(=C(c2ccccc2)c2ccccc2)c2ccccc2)CCC(c2ccccc2)C1. The molecule has 0 nitrogen and oxygen atoms in total. The summed E-state index contributed by atoms with van der Waals surface area (Å²) in [6.45, 7) is 0. The van der Waals surface area contributed by atoms with Gasteiger partial charge in [0.1, 0.15) is 0 Å². The van der Waals surface area contributed by atoms with Crippen LogP contribution < -0.4 is 0 Å². The highest BCUT2D eigenvalue weighted by molar-refractivity contribution is 6.04. The van der Waals surface area contributed by atoms with Gasteiger partial charge in [-0.3, -0.25) is 0 Å². The molecule has 4 aromatic rings. The molecule has 1 aliphatic rings. The van der Waals surface area contributed by atoms with Gasteiger partial charge in [-0.1, -0.05) is 127 Å². The number of hydrogen-bond acceptors (Lipinski definition) is 0. The van der Waals surface area contributed by atoms with E-state index >= 15 is 0 Å². The maximum absolute atomic E-state index is 2.50. The highest BCUT2D eigenvalue weighted by Crippen LogP contribution is 2.42. The molecule has 1 atom stereocenters. The van der Waals surface area contributed by atoms with Gasteiger partial charge in [0.05, 0.1) is 0 Å². The van der Waals surface area contributed by atoms with Crippen LogP contribution in [-0.4, -0.2) is 0 Å². The van der Waals surface area contributed by atoms with Crippen LogP contribution in [0.1, 0.15) is 47.4 Å². The molecule has 1 aliphatic carbocycles. The van der Waals surface area contributed by atoms with Crippen LogP contribution in [-0.2, 0) is 0 Å². The summed E-state index contributed by atoms with van der Waals surface area (Å²) in [5.41, 5.74) is 9.44. The van der Waals surface area contributed by atoms with Gasteiger partial charge in [-0.2, -0.15) is 0 Å². The standard InChI is InChI=1S/C32H28/c1-5-13-25(14-6-1)26-21-23-30(24-22-26)32(29-19-11-4-12-20-29)31(27-15-7-2-8-16-27)28-17-9-3-10-18-28/h1-20,23,26H,21-22,24H2. The van der Waals surface area contributed by atoms with Crippen LogP contribution >= 0.6 is 0 Å². The van der Waals surface area contributed by atoms with Gasteiger partial charge < -0.3 is 0 Å². The lowest BCUT2D eigenvalue weighted by atomic mass is 9.78. The lowest BCUT2D eigenvalue weighted by molar-refractivity contribution is 0.607. The highest BCUT2D eigenvalue weighted by atomic mass is 14.3. The van der Waals surface area contributed by atoms with E-state index in [1.54, 1.807) is 0 Å². The predicted octanol–water partition coefficient (Wildman–Crippen LogP) is 8.54. The van der Waals surface area contributed by atoms with Gasteiger partial charge in [0, 0.05) is 0 Å². The quantitative estimate of drug-likeness (QED) is 0.288. The first-order valence-electron chi connectivity index (χ1n) is 11.5. The fraction of sp³-hybridized carbons (Fsp3) is 0.125. The molecule has 5 rings (SSSR count). The summed E-state index contributed by atoms with van der Waals surface area (Å²) < 4.78 is 0. The summed E-state index contributed by atoms with van der Waals surface area (Å²) in [5, 5.41) is 0. The Kier molecular flexibility index (Phi) is 6.12. The Balaban J connectivity index is 1.67. The lowest BCUT2D eigenvalue weighted by Crippen LogP contribution is -2.07. The van der Waals surface area contributed by atoms with Gasteiger partial charge in [0.2, 0.25) is 0 Å². The largest absolute Gasteiger partial charge is 0.0801 e. The summed E-state index contributed by atoms with van der Waals surface area (Å²) in [7, 11) is 0. The van der Waals surface area contributed by atoms with E-state index in [2.05, 4.69) is 127 Å². The normalized spacial score (nSPS) is 15.6. The van der Waals surface area contributed by atoms with Crippen molar-refractivity contribution in [2.75, 3.05) is 0 Å². The van der Waals surface area contributed by atoms with Crippen molar-refractivity contribution in [2.45, 2.75) is 25.2 Å². The van der Waals surface area contributed by atoms with Gasteiger partial charge >= 0.3 is 0 Å². The van der Waals surface area contributed by atoms with Crippen LogP contribution in [0.5, 0.6) is 0 Å². The van der Waals surface area contributed by atoms with Crippen molar-refractivity contribution in [1.29, 1.82) is 0 Å². The number of hydrogen-bond donors (Lipinski definition) is 0. The Labute approximate surface area is 191 Å². The molecule has 0 aliphatic heterocycles. The van der Waals surface area contributed by atoms with E-state index in [1.807, 2.05) is 0 Å². The van der Waals surface area contributed by atoms with Crippen molar-refractivity contribution in [3.05, 3.63) is 155 Å². The van der Waals surface area contributed by atoms with Gasteiger partial charge in [0.15, 0.2) is 0 Å². The van der Waals surface area contributed by atoms with Gasteiger partial charge in [-0.15, -0.1) is 0 Å². The first kappa shape index (κ1) is 20.3. The Morgan fingerprint density at radius 1 is 0.500 bits per heavy atom. The molecule has 0 heterocycles. The molecule has 156 valence electrons. The monoisotopic (exact) mass is 412 g/mol. The maximum Gasteiger partial charge on any atom is -0.00302 e. The van der Waals surface area contributed by atoms with Crippen LogP contribution in [0, 0.1) is 0 Å². The van der Waals surface area contributed by atoms with Crippen LogP contribution in [0.4, 0.5) is 0 Å². The van der Waals surface area contributed by atoms with Crippen molar-refractivity contribution in [3.8, 4) is 0 Å². The zero-order valence-electron chi connectivity index (χ0n) is 18.3. The molecule has 0 fully saturated rings. The summed E-state index contributed by atoms with van der Waals surface area (Å²) in [4.78, 5) is 0. The third-order valence-corrected chi connectivity index (χ3v) is 6.44. The number of allylic oxidation sites excluding steroid dienone is 3. The molecule has 0 saturated heterocycles. The van der Waals surface area contributed by atoms with E-state index in [0.717, 1.165) is 12.8 Å². The minimum atomic E-state index is 0.605. The van der Waals surface area contributed by atoms with E-state index in [9.17, 15) is 0 Å². The van der Waals surface area contributed by atoms with Gasteiger partial charge in [-0.05, 0) is 64.2 Å². The Hall–Kier alpha value is -3.64. The molecule has 1 unspecified atom stereocenters. The Morgan fingerprint density at radius 3 is 1.38 bits per heavy atom. The molecule has 0 aromatic heterocycles. The zero-order valence-corrected chi connectivity index (χ0v) is 18.3. The molecule has 0 bridgehead atoms. The fourth-order valence-electron chi connectivity index (χ4n) is 4.85. The molecule has 0 amide bonds. The molecule has 0 saturated carbocycles. The average molecular weight is 413 g/mol. The summed E-state index contributed by atoms with van der Waals surface area (Å²) in [5.74, 6) is 0.605. The van der Waals surface area contributed by atoms with Crippen molar-refractivity contribution in [3.63, 3.8) is 0 Å². The Morgan fingerprint density at radius 2 is 0.938 bits per heavy atom. The molecule has 0 N–H and O–H groups in total. The average Bonchev–Trinajstić information content (AvgIpc) is 2.89. The molecule has 0 heteroatoms. The highest BCUT2D eigenvalue weighted by Gasteiger charge is 2.22. The number of benzene rings is 4.